The highest BCUT2D eigenvalue weighted by Crippen LogP contribution is 2.07. The Labute approximate surface area is 81.8 Å². The Kier molecular flexibility index (Phi) is 3.87. The molecule has 0 unspecified atom stereocenters. The first-order chi connectivity index (χ1) is 6.77. The van der Waals surface area contributed by atoms with Gasteiger partial charge in [0.05, 0.1) is 12.7 Å². The van der Waals surface area contributed by atoms with Crippen molar-refractivity contribution in [3.05, 3.63) is 23.9 Å². The highest BCUT2D eigenvalue weighted by Gasteiger charge is 2.05. The van der Waals surface area contributed by atoms with Crippen molar-refractivity contribution in [2.24, 2.45) is 5.73 Å². The zero-order valence-corrected chi connectivity index (χ0v) is 7.90. The standard InChI is InChI=1S/C9H12N2O3/c1-13-9(12)7-2-3-8(11-6-7)14-5-4-10/h2-3,6H,4-5,10H2,1H3. The van der Waals surface area contributed by atoms with Crippen molar-refractivity contribution >= 4 is 5.97 Å². The zero-order valence-electron chi connectivity index (χ0n) is 7.90. The fraction of sp³-hybridized carbons (Fsp3) is 0.333. The van der Waals surface area contributed by atoms with E-state index in [1.165, 1.54) is 13.3 Å². The van der Waals surface area contributed by atoms with E-state index in [0.29, 0.717) is 24.6 Å². The minimum absolute atomic E-state index is 0.396. The Hall–Kier alpha value is -1.62. The first-order valence-electron chi connectivity index (χ1n) is 4.15. The summed E-state index contributed by atoms with van der Waals surface area (Å²) < 4.78 is 9.65. The Bertz CT molecular complexity index is 297. The van der Waals surface area contributed by atoms with E-state index < -0.39 is 5.97 Å². The number of rotatable bonds is 4. The van der Waals surface area contributed by atoms with E-state index in [1.54, 1.807) is 12.1 Å². The van der Waals surface area contributed by atoms with Gasteiger partial charge in [-0.1, -0.05) is 0 Å². The third-order valence-electron chi connectivity index (χ3n) is 1.53. The number of hydrogen-bond donors (Lipinski definition) is 1. The first kappa shape index (κ1) is 10.5. The van der Waals surface area contributed by atoms with Gasteiger partial charge < -0.3 is 15.2 Å². The van der Waals surface area contributed by atoms with Crippen LogP contribution in [0.25, 0.3) is 0 Å². The Morgan fingerprint density at radius 2 is 2.36 bits per heavy atom. The van der Waals surface area contributed by atoms with Crippen LogP contribution < -0.4 is 10.5 Å². The molecule has 5 heteroatoms. The summed E-state index contributed by atoms with van der Waals surface area (Å²) in [7, 11) is 1.32. The summed E-state index contributed by atoms with van der Waals surface area (Å²) in [6.07, 6.45) is 1.40. The molecule has 0 amide bonds. The van der Waals surface area contributed by atoms with E-state index in [9.17, 15) is 4.79 Å². The van der Waals surface area contributed by atoms with Crippen LogP contribution >= 0.6 is 0 Å². The molecular weight excluding hydrogens is 184 g/mol. The van der Waals surface area contributed by atoms with Crippen LogP contribution in [-0.2, 0) is 4.74 Å². The summed E-state index contributed by atoms with van der Waals surface area (Å²) in [4.78, 5) is 14.9. The summed E-state index contributed by atoms with van der Waals surface area (Å²) >= 11 is 0. The van der Waals surface area contributed by atoms with Gasteiger partial charge >= 0.3 is 5.97 Å². The van der Waals surface area contributed by atoms with Gasteiger partial charge in [-0.05, 0) is 6.07 Å². The molecule has 0 aliphatic heterocycles. The molecule has 0 saturated heterocycles. The predicted octanol–water partition coefficient (Wildman–Crippen LogP) is 0.206. The SMILES string of the molecule is COC(=O)c1ccc(OCCN)nc1. The molecule has 2 N–H and O–H groups in total. The molecule has 0 radical (unpaired) electrons. The van der Waals surface area contributed by atoms with Crippen molar-refractivity contribution in [3.8, 4) is 5.88 Å². The number of nitrogens with two attached hydrogens (primary N) is 1. The van der Waals surface area contributed by atoms with Crippen molar-refractivity contribution in [2.75, 3.05) is 20.3 Å². The average Bonchev–Trinajstić information content (AvgIpc) is 2.26. The summed E-state index contributed by atoms with van der Waals surface area (Å²) in [6, 6.07) is 3.19. The second kappa shape index (κ2) is 5.18. The number of nitrogens with zero attached hydrogens (tertiary/aromatic N) is 1. The van der Waals surface area contributed by atoms with Gasteiger partial charge in [0.25, 0.3) is 0 Å². The number of carbonyl (C=O) groups excluding carboxylic acids is 1. The third-order valence-corrected chi connectivity index (χ3v) is 1.53. The summed E-state index contributed by atoms with van der Waals surface area (Å²) in [5.74, 6) is 0.0333. The molecule has 14 heavy (non-hydrogen) atoms. The van der Waals surface area contributed by atoms with E-state index in [0.717, 1.165) is 0 Å². The number of aromatic nitrogens is 1. The second-order valence-corrected chi connectivity index (χ2v) is 2.51. The molecule has 0 spiro atoms. The van der Waals surface area contributed by atoms with Gasteiger partial charge in [0, 0.05) is 18.8 Å². The Balaban J connectivity index is 2.63. The number of methoxy groups -OCH3 is 1. The molecule has 5 nitrogen and oxygen atoms in total. The number of esters is 1. The molecule has 0 bridgehead atoms. The van der Waals surface area contributed by atoms with Gasteiger partial charge in [0.2, 0.25) is 5.88 Å². The Morgan fingerprint density at radius 1 is 1.57 bits per heavy atom. The van der Waals surface area contributed by atoms with Gasteiger partial charge in [-0.15, -0.1) is 0 Å². The van der Waals surface area contributed by atoms with Crippen LogP contribution in [0.4, 0.5) is 0 Å². The molecule has 0 atom stereocenters. The smallest absolute Gasteiger partial charge is 0.339 e. The molecule has 0 aliphatic carbocycles. The fourth-order valence-corrected chi connectivity index (χ4v) is 0.868. The lowest BCUT2D eigenvalue weighted by Crippen LogP contribution is -2.11. The topological polar surface area (TPSA) is 74.4 Å². The van der Waals surface area contributed by atoms with Crippen molar-refractivity contribution in [1.29, 1.82) is 0 Å². The van der Waals surface area contributed by atoms with Gasteiger partial charge in [0.1, 0.15) is 6.61 Å². The molecule has 0 aromatic carbocycles. The maximum absolute atomic E-state index is 11.0. The average molecular weight is 196 g/mol. The number of pyridine rings is 1. The molecule has 76 valence electrons. The van der Waals surface area contributed by atoms with Gasteiger partial charge in [-0.2, -0.15) is 0 Å². The van der Waals surface area contributed by atoms with E-state index >= 15 is 0 Å². The summed E-state index contributed by atoms with van der Waals surface area (Å²) in [6.45, 7) is 0.838. The van der Waals surface area contributed by atoms with Crippen molar-refractivity contribution in [1.82, 2.24) is 4.98 Å². The lowest BCUT2D eigenvalue weighted by Gasteiger charge is -2.03. The van der Waals surface area contributed by atoms with Crippen molar-refractivity contribution < 1.29 is 14.3 Å². The highest BCUT2D eigenvalue weighted by molar-refractivity contribution is 5.88. The second-order valence-electron chi connectivity index (χ2n) is 2.51. The maximum Gasteiger partial charge on any atom is 0.339 e. The van der Waals surface area contributed by atoms with E-state index in [2.05, 4.69) is 9.72 Å². The predicted molar refractivity (Wildman–Crippen MR) is 50.1 cm³/mol. The quantitative estimate of drug-likeness (QED) is 0.696. The number of carbonyl (C=O) groups is 1. The lowest BCUT2D eigenvalue weighted by molar-refractivity contribution is 0.0600. The van der Waals surface area contributed by atoms with Crippen LogP contribution in [0.15, 0.2) is 18.3 Å². The molecule has 0 saturated carbocycles. The zero-order chi connectivity index (χ0) is 10.4. The summed E-state index contributed by atoms with van der Waals surface area (Å²) in [5, 5.41) is 0. The molecule has 1 heterocycles. The lowest BCUT2D eigenvalue weighted by atomic mass is 10.3. The molecule has 1 aromatic rings. The van der Waals surface area contributed by atoms with Gasteiger partial charge in [0.15, 0.2) is 0 Å². The monoisotopic (exact) mass is 196 g/mol. The molecule has 0 aliphatic rings. The van der Waals surface area contributed by atoms with Crippen molar-refractivity contribution in [3.63, 3.8) is 0 Å². The number of hydrogen-bond acceptors (Lipinski definition) is 5. The van der Waals surface area contributed by atoms with Crippen molar-refractivity contribution in [2.45, 2.75) is 0 Å². The van der Waals surface area contributed by atoms with E-state index in [-0.39, 0.29) is 0 Å². The minimum atomic E-state index is -0.414. The van der Waals surface area contributed by atoms with Crippen LogP contribution in [0, 0.1) is 0 Å². The van der Waals surface area contributed by atoms with Crippen LogP contribution in [0.2, 0.25) is 0 Å². The third kappa shape index (κ3) is 2.70. The molecule has 1 rings (SSSR count). The fourth-order valence-electron chi connectivity index (χ4n) is 0.868. The molecule has 0 fully saturated rings. The highest BCUT2D eigenvalue weighted by atomic mass is 16.5. The minimum Gasteiger partial charge on any atom is -0.476 e. The van der Waals surface area contributed by atoms with E-state index in [1.807, 2.05) is 0 Å². The van der Waals surface area contributed by atoms with E-state index in [4.69, 9.17) is 10.5 Å². The van der Waals surface area contributed by atoms with Crippen LogP contribution in [0.1, 0.15) is 10.4 Å². The normalized spacial score (nSPS) is 9.57. The van der Waals surface area contributed by atoms with Crippen LogP contribution in [0.5, 0.6) is 5.88 Å². The Morgan fingerprint density at radius 3 is 2.86 bits per heavy atom. The molecule has 1 aromatic heterocycles. The van der Waals surface area contributed by atoms with Crippen LogP contribution in [0.3, 0.4) is 0 Å². The van der Waals surface area contributed by atoms with Gasteiger partial charge in [-0.3, -0.25) is 0 Å². The van der Waals surface area contributed by atoms with Crippen LogP contribution in [-0.4, -0.2) is 31.2 Å². The largest absolute Gasteiger partial charge is 0.476 e. The first-order valence-corrected chi connectivity index (χ1v) is 4.15. The molecular formula is C9H12N2O3. The summed E-state index contributed by atoms with van der Waals surface area (Å²) in [5.41, 5.74) is 5.65. The number of ether oxygens (including phenoxy) is 2. The maximum atomic E-state index is 11.0. The van der Waals surface area contributed by atoms with Gasteiger partial charge in [-0.25, -0.2) is 9.78 Å².